The Hall–Kier alpha value is -2.18. The molecule has 1 amide bonds. The Balaban J connectivity index is 2.05. The Kier molecular flexibility index (Phi) is 3.47. The molecule has 124 valence electrons. The van der Waals surface area contributed by atoms with E-state index in [1.54, 1.807) is 12.0 Å². The number of hydrogen-bond donors (Lipinski definition) is 1. The molecule has 0 spiro atoms. The minimum absolute atomic E-state index is 0.0268. The molecule has 0 bridgehead atoms. The van der Waals surface area contributed by atoms with Crippen LogP contribution in [0.5, 0.6) is 0 Å². The maximum atomic E-state index is 12.9. The van der Waals surface area contributed by atoms with Crippen LogP contribution in [0.25, 0.3) is 21.0 Å². The van der Waals surface area contributed by atoms with Gasteiger partial charge in [0.2, 0.25) is 0 Å². The standard InChI is InChI=1S/C18H19N3O2S/c1-9-5-6-11-12(19-9)7-8-13-14(11)15-16(24-13)18(22)21(3)10(2)17(20-15)23-4/h5-8,10,17,20H,1-4H3. The van der Waals surface area contributed by atoms with Gasteiger partial charge >= 0.3 is 0 Å². The predicted molar refractivity (Wildman–Crippen MR) is 97.8 cm³/mol. The van der Waals surface area contributed by atoms with Gasteiger partial charge in [-0.1, -0.05) is 6.07 Å². The van der Waals surface area contributed by atoms with Gasteiger partial charge in [0.25, 0.3) is 5.91 Å². The lowest BCUT2D eigenvalue weighted by Gasteiger charge is -2.28. The highest BCUT2D eigenvalue weighted by Gasteiger charge is 2.34. The summed E-state index contributed by atoms with van der Waals surface area (Å²) >= 11 is 1.52. The summed E-state index contributed by atoms with van der Waals surface area (Å²) in [6.07, 6.45) is -0.258. The topological polar surface area (TPSA) is 54.5 Å². The van der Waals surface area contributed by atoms with Gasteiger partial charge in [0, 0.05) is 35.3 Å². The van der Waals surface area contributed by atoms with Crippen LogP contribution in [0.3, 0.4) is 0 Å². The van der Waals surface area contributed by atoms with Crippen molar-refractivity contribution in [2.24, 2.45) is 0 Å². The minimum atomic E-state index is -0.258. The van der Waals surface area contributed by atoms with Crippen molar-refractivity contribution < 1.29 is 9.53 Å². The number of likely N-dealkylation sites (N-methyl/N-ethyl adjacent to an activating group) is 1. The van der Waals surface area contributed by atoms with E-state index in [0.717, 1.165) is 37.2 Å². The van der Waals surface area contributed by atoms with Crippen LogP contribution in [0.15, 0.2) is 24.3 Å². The molecule has 6 heteroatoms. The van der Waals surface area contributed by atoms with E-state index in [9.17, 15) is 4.79 Å². The van der Waals surface area contributed by atoms with Crippen molar-refractivity contribution in [3.63, 3.8) is 0 Å². The van der Waals surface area contributed by atoms with Crippen LogP contribution < -0.4 is 5.32 Å². The van der Waals surface area contributed by atoms with Crippen LogP contribution in [0, 0.1) is 6.92 Å². The molecule has 1 N–H and O–H groups in total. The van der Waals surface area contributed by atoms with Gasteiger partial charge in [-0.2, -0.15) is 0 Å². The summed E-state index contributed by atoms with van der Waals surface area (Å²) in [6.45, 7) is 3.97. The fourth-order valence-corrected chi connectivity index (χ4v) is 4.42. The predicted octanol–water partition coefficient (Wildman–Crippen LogP) is 3.62. The molecule has 4 rings (SSSR count). The number of amides is 1. The smallest absolute Gasteiger partial charge is 0.266 e. The molecule has 5 nitrogen and oxygen atoms in total. The van der Waals surface area contributed by atoms with Gasteiger partial charge in [-0.15, -0.1) is 11.3 Å². The van der Waals surface area contributed by atoms with E-state index in [4.69, 9.17) is 4.74 Å². The maximum absolute atomic E-state index is 12.9. The van der Waals surface area contributed by atoms with Crippen molar-refractivity contribution in [1.82, 2.24) is 9.88 Å². The normalized spacial score (nSPS) is 21.0. The number of fused-ring (bicyclic) bond motifs is 5. The number of aromatic nitrogens is 1. The third-order valence-electron chi connectivity index (χ3n) is 4.77. The Morgan fingerprint density at radius 3 is 2.83 bits per heavy atom. The summed E-state index contributed by atoms with van der Waals surface area (Å²) in [6, 6.07) is 8.09. The Morgan fingerprint density at radius 1 is 1.29 bits per heavy atom. The molecule has 3 heterocycles. The highest BCUT2D eigenvalue weighted by Crippen LogP contribution is 2.42. The fraction of sp³-hybridized carbons (Fsp3) is 0.333. The van der Waals surface area contributed by atoms with Crippen molar-refractivity contribution in [1.29, 1.82) is 0 Å². The van der Waals surface area contributed by atoms with Crippen LogP contribution in [0.4, 0.5) is 5.69 Å². The van der Waals surface area contributed by atoms with E-state index in [1.165, 1.54) is 11.3 Å². The molecule has 0 saturated heterocycles. The number of rotatable bonds is 1. The van der Waals surface area contributed by atoms with Crippen LogP contribution >= 0.6 is 11.3 Å². The number of carbonyl (C=O) groups is 1. The average Bonchev–Trinajstić information content (AvgIpc) is 2.92. The van der Waals surface area contributed by atoms with Gasteiger partial charge in [0.15, 0.2) is 0 Å². The minimum Gasteiger partial charge on any atom is -0.360 e. The molecule has 24 heavy (non-hydrogen) atoms. The summed E-state index contributed by atoms with van der Waals surface area (Å²) in [7, 11) is 3.48. The molecule has 2 atom stereocenters. The third-order valence-corrected chi connectivity index (χ3v) is 5.91. The molecule has 0 aliphatic carbocycles. The van der Waals surface area contributed by atoms with Crippen LogP contribution in [0.1, 0.15) is 22.3 Å². The summed E-state index contributed by atoms with van der Waals surface area (Å²) < 4.78 is 6.67. The molecule has 1 aromatic carbocycles. The summed E-state index contributed by atoms with van der Waals surface area (Å²) in [4.78, 5) is 20.0. The number of hydrogen-bond acceptors (Lipinski definition) is 5. The zero-order chi connectivity index (χ0) is 17.0. The first-order valence-corrected chi connectivity index (χ1v) is 8.72. The molecular formula is C18H19N3O2S. The van der Waals surface area contributed by atoms with Crippen molar-refractivity contribution in [3.8, 4) is 0 Å². The van der Waals surface area contributed by atoms with E-state index in [-0.39, 0.29) is 18.2 Å². The van der Waals surface area contributed by atoms with E-state index < -0.39 is 0 Å². The number of ether oxygens (including phenoxy) is 1. The van der Waals surface area contributed by atoms with E-state index >= 15 is 0 Å². The SMILES string of the molecule is COC1Nc2c(sc3ccc4nc(C)ccc4c23)C(=O)N(C)C1C. The number of benzene rings is 1. The van der Waals surface area contributed by atoms with Crippen molar-refractivity contribution in [2.75, 3.05) is 19.5 Å². The molecule has 3 aromatic rings. The lowest BCUT2D eigenvalue weighted by Crippen LogP contribution is -2.44. The number of nitrogens with zero attached hydrogens (tertiary/aromatic N) is 2. The first-order valence-electron chi connectivity index (χ1n) is 7.90. The zero-order valence-corrected chi connectivity index (χ0v) is 14.9. The van der Waals surface area contributed by atoms with Gasteiger partial charge < -0.3 is 15.0 Å². The number of anilines is 1. The van der Waals surface area contributed by atoms with Gasteiger partial charge in [-0.05, 0) is 32.0 Å². The second-order valence-corrected chi connectivity index (χ2v) is 7.27. The number of nitrogens with one attached hydrogen (secondary N) is 1. The van der Waals surface area contributed by atoms with Crippen LogP contribution in [0.2, 0.25) is 0 Å². The van der Waals surface area contributed by atoms with E-state index in [1.807, 2.05) is 39.1 Å². The first kappa shape index (κ1) is 15.4. The largest absolute Gasteiger partial charge is 0.360 e. The number of aryl methyl sites for hydroxylation is 1. The van der Waals surface area contributed by atoms with Gasteiger partial charge in [0.05, 0.1) is 17.2 Å². The second-order valence-electron chi connectivity index (χ2n) is 6.22. The molecule has 2 unspecified atom stereocenters. The lowest BCUT2D eigenvalue weighted by molar-refractivity contribution is 0.0422. The lowest BCUT2D eigenvalue weighted by atomic mass is 10.1. The highest BCUT2D eigenvalue weighted by molar-refractivity contribution is 7.21. The molecule has 1 aliphatic rings. The average molecular weight is 341 g/mol. The quantitative estimate of drug-likeness (QED) is 0.734. The Bertz CT molecular complexity index is 966. The zero-order valence-electron chi connectivity index (χ0n) is 14.1. The summed E-state index contributed by atoms with van der Waals surface area (Å²) in [5.41, 5.74) is 2.78. The van der Waals surface area contributed by atoms with Crippen molar-refractivity contribution in [3.05, 3.63) is 34.8 Å². The first-order chi connectivity index (χ1) is 11.5. The van der Waals surface area contributed by atoms with Crippen LogP contribution in [-0.2, 0) is 4.74 Å². The second kappa shape index (κ2) is 5.43. The number of thiophene rings is 1. The molecule has 0 radical (unpaired) electrons. The van der Waals surface area contributed by atoms with Gasteiger partial charge in [-0.3, -0.25) is 9.78 Å². The van der Waals surface area contributed by atoms with Gasteiger partial charge in [-0.25, -0.2) is 0 Å². The fourth-order valence-electron chi connectivity index (χ4n) is 3.26. The van der Waals surface area contributed by atoms with Crippen molar-refractivity contribution >= 4 is 43.9 Å². The number of pyridine rings is 1. The Morgan fingerprint density at radius 2 is 2.08 bits per heavy atom. The molecule has 1 aliphatic heterocycles. The van der Waals surface area contributed by atoms with Gasteiger partial charge in [0.1, 0.15) is 11.1 Å². The monoisotopic (exact) mass is 341 g/mol. The molecule has 2 aromatic heterocycles. The summed E-state index contributed by atoms with van der Waals surface area (Å²) in [5.74, 6) is 0.0268. The third kappa shape index (κ3) is 2.10. The number of carbonyl (C=O) groups excluding carboxylic acids is 1. The van der Waals surface area contributed by atoms with E-state index in [0.29, 0.717) is 0 Å². The Labute approximate surface area is 144 Å². The molecule has 0 fully saturated rings. The highest BCUT2D eigenvalue weighted by atomic mass is 32.1. The molecular weight excluding hydrogens is 322 g/mol. The van der Waals surface area contributed by atoms with Crippen LogP contribution in [-0.4, -0.2) is 42.2 Å². The summed E-state index contributed by atoms with van der Waals surface area (Å²) in [5, 5.41) is 5.56. The maximum Gasteiger partial charge on any atom is 0.266 e. The van der Waals surface area contributed by atoms with E-state index in [2.05, 4.69) is 16.4 Å². The molecule has 0 saturated carbocycles. The van der Waals surface area contributed by atoms with Crippen molar-refractivity contribution in [2.45, 2.75) is 26.1 Å². The number of methoxy groups -OCH3 is 1.